The van der Waals surface area contributed by atoms with Crippen LogP contribution in [0.2, 0.25) is 0 Å². The molecule has 3 aromatic heterocycles. The standard InChI is InChI=1S/C33H38F3N5O5/c1-20(2)41-30-28(31(42)39(32(41)43)14-6-16-45-27-7-4-5-15-44-27)40(19-22-8-10-23(34)11-9-22)29(38-30)25-12-13-26(37-21(25)3)46-24-17-33(35,36)18-24/h8-13,20,24,27H,4-7,14-19H2,1-3H3. The summed E-state index contributed by atoms with van der Waals surface area (Å²) in [6, 6.07) is 8.92. The molecule has 1 saturated carbocycles. The Morgan fingerprint density at radius 1 is 1.04 bits per heavy atom. The van der Waals surface area contributed by atoms with E-state index in [1.165, 1.54) is 21.3 Å². The predicted molar refractivity (Wildman–Crippen MR) is 165 cm³/mol. The lowest BCUT2D eigenvalue weighted by molar-refractivity contribution is -0.163. The summed E-state index contributed by atoms with van der Waals surface area (Å²) in [6.45, 7) is 6.72. The molecule has 2 aliphatic rings. The van der Waals surface area contributed by atoms with Crippen LogP contribution < -0.4 is 16.0 Å². The van der Waals surface area contributed by atoms with Crippen molar-refractivity contribution < 1.29 is 27.4 Å². The number of alkyl halides is 2. The van der Waals surface area contributed by atoms with Crippen LogP contribution in [0.25, 0.3) is 22.6 Å². The maximum absolute atomic E-state index is 14.1. The molecule has 1 aliphatic carbocycles. The number of aryl methyl sites for hydroxylation is 1. The second-order valence-electron chi connectivity index (χ2n) is 12.3. The van der Waals surface area contributed by atoms with Gasteiger partial charge in [-0.2, -0.15) is 0 Å². The SMILES string of the molecule is Cc1nc(OC2CC(F)(F)C2)ccc1-c1nc2c(c(=O)n(CCCOC3CCCCO3)c(=O)n2C(C)C)n1Cc1ccc(F)cc1. The van der Waals surface area contributed by atoms with Crippen LogP contribution in [-0.2, 0) is 22.6 Å². The fourth-order valence-corrected chi connectivity index (χ4v) is 6.03. The number of imidazole rings is 1. The van der Waals surface area contributed by atoms with Gasteiger partial charge in [-0.15, -0.1) is 0 Å². The van der Waals surface area contributed by atoms with Crippen LogP contribution in [0, 0.1) is 12.7 Å². The summed E-state index contributed by atoms with van der Waals surface area (Å²) in [6.07, 6.45) is 1.67. The summed E-state index contributed by atoms with van der Waals surface area (Å²) < 4.78 is 62.1. The lowest BCUT2D eigenvalue weighted by Crippen LogP contribution is -2.43. The molecule has 46 heavy (non-hydrogen) atoms. The van der Waals surface area contributed by atoms with E-state index in [2.05, 4.69) is 4.98 Å². The van der Waals surface area contributed by atoms with E-state index in [9.17, 15) is 22.8 Å². The first-order valence-electron chi connectivity index (χ1n) is 15.8. The summed E-state index contributed by atoms with van der Waals surface area (Å²) >= 11 is 0. The third kappa shape index (κ3) is 6.61. The fourth-order valence-electron chi connectivity index (χ4n) is 6.03. The Labute approximate surface area is 263 Å². The van der Waals surface area contributed by atoms with Crippen LogP contribution >= 0.6 is 0 Å². The zero-order chi connectivity index (χ0) is 32.6. The van der Waals surface area contributed by atoms with Crippen LogP contribution in [0.15, 0.2) is 46.0 Å². The van der Waals surface area contributed by atoms with Gasteiger partial charge >= 0.3 is 5.69 Å². The van der Waals surface area contributed by atoms with Crippen molar-refractivity contribution in [1.29, 1.82) is 0 Å². The van der Waals surface area contributed by atoms with Crippen molar-refractivity contribution in [1.82, 2.24) is 23.7 Å². The first-order valence-corrected chi connectivity index (χ1v) is 15.8. The molecule has 0 amide bonds. The quantitative estimate of drug-likeness (QED) is 0.196. The lowest BCUT2D eigenvalue weighted by Gasteiger charge is -2.34. The van der Waals surface area contributed by atoms with Gasteiger partial charge in [-0.3, -0.25) is 13.9 Å². The second kappa shape index (κ2) is 13.0. The molecular formula is C33H38F3N5O5. The highest BCUT2D eigenvalue weighted by Gasteiger charge is 2.47. The average molecular weight is 642 g/mol. The Bertz CT molecular complexity index is 1820. The molecule has 0 radical (unpaired) electrons. The molecule has 4 aromatic rings. The van der Waals surface area contributed by atoms with Gasteiger partial charge in [-0.25, -0.2) is 27.9 Å². The highest BCUT2D eigenvalue weighted by molar-refractivity contribution is 5.78. The Kier molecular flexibility index (Phi) is 9.06. The number of hydrogen-bond acceptors (Lipinski definition) is 7. The molecule has 1 saturated heterocycles. The Morgan fingerprint density at radius 3 is 2.46 bits per heavy atom. The van der Waals surface area contributed by atoms with E-state index in [1.54, 1.807) is 35.8 Å². The molecule has 1 atom stereocenters. The minimum absolute atomic E-state index is 0.136. The number of halogens is 3. The molecule has 0 bridgehead atoms. The molecule has 1 aliphatic heterocycles. The zero-order valence-corrected chi connectivity index (χ0v) is 26.2. The maximum atomic E-state index is 14.1. The van der Waals surface area contributed by atoms with Crippen molar-refractivity contribution in [2.45, 2.75) is 96.7 Å². The highest BCUT2D eigenvalue weighted by atomic mass is 19.3. The van der Waals surface area contributed by atoms with E-state index in [4.69, 9.17) is 19.2 Å². The van der Waals surface area contributed by atoms with Crippen molar-refractivity contribution in [3.63, 3.8) is 0 Å². The van der Waals surface area contributed by atoms with Crippen molar-refractivity contribution in [2.75, 3.05) is 13.2 Å². The van der Waals surface area contributed by atoms with Crippen LogP contribution in [0.5, 0.6) is 5.88 Å². The normalized spacial score (nSPS) is 18.3. The molecule has 1 aromatic carbocycles. The number of hydrogen-bond donors (Lipinski definition) is 0. The molecule has 4 heterocycles. The fraction of sp³-hybridized carbons (Fsp3) is 0.515. The van der Waals surface area contributed by atoms with Crippen LogP contribution in [-0.4, -0.2) is 55.2 Å². The van der Waals surface area contributed by atoms with Crippen molar-refractivity contribution >= 4 is 11.2 Å². The van der Waals surface area contributed by atoms with Gasteiger partial charge in [0.25, 0.3) is 11.5 Å². The summed E-state index contributed by atoms with van der Waals surface area (Å²) in [7, 11) is 0. The number of fused-ring (bicyclic) bond motifs is 1. The molecule has 2 fully saturated rings. The summed E-state index contributed by atoms with van der Waals surface area (Å²) in [5, 5.41) is 0. The van der Waals surface area contributed by atoms with Gasteiger partial charge in [0, 0.05) is 50.2 Å². The molecular weight excluding hydrogens is 603 g/mol. The molecule has 13 heteroatoms. The molecule has 246 valence electrons. The number of benzene rings is 1. The first kappa shape index (κ1) is 32.0. The van der Waals surface area contributed by atoms with E-state index in [0.717, 1.165) is 19.3 Å². The van der Waals surface area contributed by atoms with Gasteiger partial charge in [0.05, 0.1) is 12.3 Å². The van der Waals surface area contributed by atoms with Gasteiger partial charge < -0.3 is 18.8 Å². The lowest BCUT2D eigenvalue weighted by atomic mass is 9.91. The van der Waals surface area contributed by atoms with E-state index >= 15 is 0 Å². The minimum atomic E-state index is -2.72. The van der Waals surface area contributed by atoms with Gasteiger partial charge in [-0.1, -0.05) is 12.1 Å². The number of aromatic nitrogens is 5. The van der Waals surface area contributed by atoms with Crippen LogP contribution in [0.3, 0.4) is 0 Å². The largest absolute Gasteiger partial charge is 0.474 e. The van der Waals surface area contributed by atoms with Crippen LogP contribution in [0.1, 0.15) is 69.7 Å². The van der Waals surface area contributed by atoms with Gasteiger partial charge in [0.2, 0.25) is 5.88 Å². The Hall–Kier alpha value is -3.97. The predicted octanol–water partition coefficient (Wildman–Crippen LogP) is 5.61. The molecule has 10 nitrogen and oxygen atoms in total. The third-order valence-corrected chi connectivity index (χ3v) is 8.44. The smallest absolute Gasteiger partial charge is 0.332 e. The van der Waals surface area contributed by atoms with E-state index in [-0.39, 0.29) is 55.3 Å². The van der Waals surface area contributed by atoms with E-state index in [1.807, 2.05) is 13.8 Å². The van der Waals surface area contributed by atoms with Crippen LogP contribution in [0.4, 0.5) is 13.2 Å². The minimum Gasteiger partial charge on any atom is -0.474 e. The topological polar surface area (TPSA) is 102 Å². The summed E-state index contributed by atoms with van der Waals surface area (Å²) in [5.41, 5.74) is 1.26. The first-order chi connectivity index (χ1) is 22.0. The number of rotatable bonds is 11. The molecule has 1 unspecified atom stereocenters. The number of nitrogens with zero attached hydrogens (tertiary/aromatic N) is 5. The number of ether oxygens (including phenoxy) is 3. The van der Waals surface area contributed by atoms with Gasteiger partial charge in [-0.05, 0) is 70.2 Å². The third-order valence-electron chi connectivity index (χ3n) is 8.44. The maximum Gasteiger partial charge on any atom is 0.332 e. The van der Waals surface area contributed by atoms with Crippen molar-refractivity contribution in [2.24, 2.45) is 0 Å². The molecule has 0 spiro atoms. The Balaban J connectivity index is 1.41. The highest BCUT2D eigenvalue weighted by Crippen LogP contribution is 2.40. The number of pyridine rings is 1. The zero-order valence-electron chi connectivity index (χ0n) is 26.2. The van der Waals surface area contributed by atoms with Crippen molar-refractivity contribution in [3.8, 4) is 17.3 Å². The van der Waals surface area contributed by atoms with Gasteiger partial charge in [0.1, 0.15) is 17.7 Å². The van der Waals surface area contributed by atoms with Gasteiger partial charge in [0.15, 0.2) is 17.5 Å². The monoisotopic (exact) mass is 641 g/mol. The van der Waals surface area contributed by atoms with E-state index < -0.39 is 29.1 Å². The van der Waals surface area contributed by atoms with Crippen molar-refractivity contribution in [3.05, 3.63) is 74.3 Å². The Morgan fingerprint density at radius 2 is 1.80 bits per heavy atom. The summed E-state index contributed by atoms with van der Waals surface area (Å²) in [5.74, 6) is -2.52. The van der Waals surface area contributed by atoms with E-state index in [0.29, 0.717) is 42.3 Å². The second-order valence-corrected chi connectivity index (χ2v) is 12.3. The molecule has 0 N–H and O–H groups in total. The summed E-state index contributed by atoms with van der Waals surface area (Å²) in [4.78, 5) is 37.3. The average Bonchev–Trinajstić information content (AvgIpc) is 3.35. The molecule has 6 rings (SSSR count).